The van der Waals surface area contributed by atoms with Crippen molar-refractivity contribution in [3.63, 3.8) is 0 Å². The van der Waals surface area contributed by atoms with Gasteiger partial charge in [-0.3, -0.25) is 4.68 Å². The molecular weight excluding hydrogens is 140 g/mol. The molecule has 1 aromatic rings. The molecule has 0 N–H and O–H groups in total. The highest BCUT2D eigenvalue weighted by Crippen LogP contribution is 1.90. The molecule has 0 saturated carbocycles. The summed E-state index contributed by atoms with van der Waals surface area (Å²) in [7, 11) is 0. The second kappa shape index (κ2) is 3.52. The summed E-state index contributed by atoms with van der Waals surface area (Å²) in [5.41, 5.74) is 0. The molecule has 0 aliphatic rings. The second-order valence-corrected chi connectivity index (χ2v) is 2.02. The maximum Gasteiger partial charge on any atom is 0.252 e. The van der Waals surface area contributed by atoms with Gasteiger partial charge in [0.2, 0.25) is 0 Å². The predicted octanol–water partition coefficient (Wildman–Crippen LogP) is 0.726. The third-order valence-corrected chi connectivity index (χ3v) is 1.20. The minimum Gasteiger partial charge on any atom is -0.251 e. The molecule has 0 spiro atoms. The lowest BCUT2D eigenvalue weighted by atomic mass is 10.4. The van der Waals surface area contributed by atoms with Crippen LogP contribution in [0.25, 0.3) is 0 Å². The Morgan fingerprint density at radius 3 is 3.18 bits per heavy atom. The lowest BCUT2D eigenvalue weighted by molar-refractivity contribution is 0.620. The SMILES string of the molecule is C=CCCn1cnc(C#N)n1. The van der Waals surface area contributed by atoms with Crippen molar-refractivity contribution in [2.45, 2.75) is 13.0 Å². The molecule has 1 aromatic heterocycles. The zero-order valence-electron chi connectivity index (χ0n) is 6.06. The number of rotatable bonds is 3. The normalized spacial score (nSPS) is 9.00. The van der Waals surface area contributed by atoms with E-state index in [1.54, 1.807) is 17.1 Å². The summed E-state index contributed by atoms with van der Waals surface area (Å²) in [6.07, 6.45) is 4.18. The van der Waals surface area contributed by atoms with E-state index in [1.165, 1.54) is 0 Å². The third kappa shape index (κ3) is 1.90. The van der Waals surface area contributed by atoms with Gasteiger partial charge in [0, 0.05) is 6.54 Å². The van der Waals surface area contributed by atoms with E-state index in [9.17, 15) is 0 Å². The first-order valence-electron chi connectivity index (χ1n) is 3.27. The van der Waals surface area contributed by atoms with Crippen LogP contribution in [0.4, 0.5) is 0 Å². The van der Waals surface area contributed by atoms with Crippen LogP contribution in [-0.2, 0) is 6.54 Å². The van der Waals surface area contributed by atoms with Crippen molar-refractivity contribution in [2.75, 3.05) is 0 Å². The van der Waals surface area contributed by atoms with E-state index in [-0.39, 0.29) is 5.82 Å². The summed E-state index contributed by atoms with van der Waals surface area (Å²) in [6.45, 7) is 4.31. The molecule has 0 fully saturated rings. The van der Waals surface area contributed by atoms with Gasteiger partial charge in [-0.2, -0.15) is 5.26 Å². The molecule has 0 bridgehead atoms. The number of aryl methyl sites for hydroxylation is 1. The molecule has 4 heteroatoms. The van der Waals surface area contributed by atoms with Crippen LogP contribution >= 0.6 is 0 Å². The fourth-order valence-electron chi connectivity index (χ4n) is 0.677. The van der Waals surface area contributed by atoms with Crippen LogP contribution in [0, 0.1) is 11.3 Å². The Balaban J connectivity index is 2.59. The zero-order valence-corrected chi connectivity index (χ0v) is 6.06. The largest absolute Gasteiger partial charge is 0.252 e. The highest BCUT2D eigenvalue weighted by atomic mass is 15.3. The highest BCUT2D eigenvalue weighted by molar-refractivity contribution is 5.05. The number of hydrogen-bond donors (Lipinski definition) is 0. The molecule has 0 saturated heterocycles. The van der Waals surface area contributed by atoms with Gasteiger partial charge in [-0.25, -0.2) is 4.98 Å². The Hall–Kier alpha value is -1.63. The monoisotopic (exact) mass is 148 g/mol. The summed E-state index contributed by atoms with van der Waals surface area (Å²) < 4.78 is 1.63. The Bertz CT molecular complexity index is 281. The van der Waals surface area contributed by atoms with Gasteiger partial charge in [0.15, 0.2) is 0 Å². The average Bonchev–Trinajstić information content (AvgIpc) is 2.48. The van der Waals surface area contributed by atoms with Crippen LogP contribution in [0.1, 0.15) is 12.2 Å². The molecule has 1 rings (SSSR count). The fraction of sp³-hybridized carbons (Fsp3) is 0.286. The summed E-state index contributed by atoms with van der Waals surface area (Å²) >= 11 is 0. The van der Waals surface area contributed by atoms with Crippen LogP contribution in [0.5, 0.6) is 0 Å². The van der Waals surface area contributed by atoms with E-state index in [2.05, 4.69) is 16.7 Å². The molecule has 0 aliphatic carbocycles. The molecule has 0 aliphatic heterocycles. The van der Waals surface area contributed by atoms with E-state index >= 15 is 0 Å². The number of nitriles is 1. The van der Waals surface area contributed by atoms with E-state index in [4.69, 9.17) is 5.26 Å². The van der Waals surface area contributed by atoms with E-state index in [1.807, 2.05) is 6.07 Å². The molecular formula is C7H8N4. The van der Waals surface area contributed by atoms with Crippen LogP contribution in [0.2, 0.25) is 0 Å². The first-order chi connectivity index (χ1) is 5.36. The maximum atomic E-state index is 8.37. The standard InChI is InChI=1S/C7H8N4/c1-2-3-4-11-6-9-7(5-8)10-11/h2,6H,1,3-4H2. The molecule has 0 aromatic carbocycles. The second-order valence-electron chi connectivity index (χ2n) is 2.02. The van der Waals surface area contributed by atoms with Crippen molar-refractivity contribution in [1.82, 2.24) is 14.8 Å². The van der Waals surface area contributed by atoms with Crippen molar-refractivity contribution in [3.8, 4) is 6.07 Å². The van der Waals surface area contributed by atoms with Crippen molar-refractivity contribution < 1.29 is 0 Å². The molecule has 0 atom stereocenters. The predicted molar refractivity (Wildman–Crippen MR) is 39.6 cm³/mol. The van der Waals surface area contributed by atoms with Gasteiger partial charge in [-0.1, -0.05) is 6.08 Å². The molecule has 0 unspecified atom stereocenters. The zero-order chi connectivity index (χ0) is 8.10. The minimum absolute atomic E-state index is 0.217. The summed E-state index contributed by atoms with van der Waals surface area (Å²) in [5, 5.41) is 12.2. The molecule has 4 nitrogen and oxygen atoms in total. The van der Waals surface area contributed by atoms with Crippen molar-refractivity contribution in [3.05, 3.63) is 24.8 Å². The minimum atomic E-state index is 0.217. The van der Waals surface area contributed by atoms with Gasteiger partial charge in [-0.15, -0.1) is 11.7 Å². The van der Waals surface area contributed by atoms with Gasteiger partial charge in [0.05, 0.1) is 0 Å². The van der Waals surface area contributed by atoms with Gasteiger partial charge in [-0.05, 0) is 6.42 Å². The molecule has 56 valence electrons. The number of hydrogen-bond acceptors (Lipinski definition) is 3. The molecule has 1 heterocycles. The quantitative estimate of drug-likeness (QED) is 0.593. The molecule has 0 amide bonds. The van der Waals surface area contributed by atoms with Crippen molar-refractivity contribution >= 4 is 0 Å². The van der Waals surface area contributed by atoms with Gasteiger partial charge < -0.3 is 0 Å². The Labute approximate surface area is 64.8 Å². The first kappa shape index (κ1) is 7.48. The van der Waals surface area contributed by atoms with Gasteiger partial charge >= 0.3 is 0 Å². The van der Waals surface area contributed by atoms with E-state index < -0.39 is 0 Å². The average molecular weight is 148 g/mol. The first-order valence-corrected chi connectivity index (χ1v) is 3.27. The lowest BCUT2D eigenvalue weighted by Gasteiger charge is -1.92. The van der Waals surface area contributed by atoms with Crippen LogP contribution in [-0.4, -0.2) is 14.8 Å². The topological polar surface area (TPSA) is 54.5 Å². The van der Waals surface area contributed by atoms with Gasteiger partial charge in [0.1, 0.15) is 12.4 Å². The van der Waals surface area contributed by atoms with Crippen LogP contribution in [0.15, 0.2) is 19.0 Å². The number of allylic oxidation sites excluding steroid dienone is 1. The Morgan fingerprint density at radius 1 is 1.82 bits per heavy atom. The van der Waals surface area contributed by atoms with E-state index in [0.717, 1.165) is 13.0 Å². The molecule has 0 radical (unpaired) electrons. The summed E-state index contributed by atoms with van der Waals surface area (Å²) in [5.74, 6) is 0.217. The maximum absolute atomic E-state index is 8.37. The van der Waals surface area contributed by atoms with Gasteiger partial charge in [0.25, 0.3) is 5.82 Å². The van der Waals surface area contributed by atoms with Crippen molar-refractivity contribution in [2.24, 2.45) is 0 Å². The Morgan fingerprint density at radius 2 is 2.64 bits per heavy atom. The Kier molecular flexibility index (Phi) is 2.39. The smallest absolute Gasteiger partial charge is 0.251 e. The van der Waals surface area contributed by atoms with Crippen LogP contribution in [0.3, 0.4) is 0 Å². The number of nitrogens with zero attached hydrogens (tertiary/aromatic N) is 4. The lowest BCUT2D eigenvalue weighted by Crippen LogP contribution is -1.97. The summed E-state index contributed by atoms with van der Waals surface area (Å²) in [6, 6.07) is 1.85. The van der Waals surface area contributed by atoms with Crippen molar-refractivity contribution in [1.29, 1.82) is 5.26 Å². The van der Waals surface area contributed by atoms with E-state index in [0.29, 0.717) is 0 Å². The third-order valence-electron chi connectivity index (χ3n) is 1.20. The fourth-order valence-corrected chi connectivity index (χ4v) is 0.677. The molecule has 11 heavy (non-hydrogen) atoms. The van der Waals surface area contributed by atoms with Crippen LogP contribution < -0.4 is 0 Å². The number of aromatic nitrogens is 3. The highest BCUT2D eigenvalue weighted by Gasteiger charge is 1.95. The summed E-state index contributed by atoms with van der Waals surface area (Å²) in [4.78, 5) is 3.74.